The number of hydrogen-bond acceptors (Lipinski definition) is 4. The molecule has 36 heavy (non-hydrogen) atoms. The van der Waals surface area contributed by atoms with Crippen molar-refractivity contribution in [2.75, 3.05) is 12.4 Å². The fraction of sp³-hybridized carbons (Fsp3) is 0.379. The Balaban J connectivity index is 1.85. The molecule has 4 nitrogen and oxygen atoms in total. The first-order valence-corrected chi connectivity index (χ1v) is 16.3. The summed E-state index contributed by atoms with van der Waals surface area (Å²) in [5, 5.41) is 24.4. The van der Waals surface area contributed by atoms with Gasteiger partial charge < -0.3 is 14.6 Å². The maximum absolute atomic E-state index is 12.9. The Morgan fingerprint density at radius 3 is 1.81 bits per heavy atom. The van der Waals surface area contributed by atoms with Crippen LogP contribution in [0.5, 0.6) is 0 Å². The third kappa shape index (κ3) is 6.26. The fourth-order valence-corrected chi connectivity index (χ4v) is 10.9. The van der Waals surface area contributed by atoms with Crippen molar-refractivity contribution in [1.29, 1.82) is 0 Å². The van der Waals surface area contributed by atoms with Crippen LogP contribution in [-0.4, -0.2) is 51.6 Å². The lowest BCUT2D eigenvalue weighted by molar-refractivity contribution is -0.0557. The largest absolute Gasteiger partial charge is 0.406 e. The van der Waals surface area contributed by atoms with Crippen molar-refractivity contribution < 1.29 is 18.8 Å². The standard InChI is InChI=1S/C29H37BrO4SSi/c1-22-16-18-23(19-17-22)35(33)21-27(31)29(5,32)26(30)20-34-36(28(2,3)4,24-12-8-6-9-13-24)25-14-10-7-11-15-25/h6-19,26-27,31-32H,20-21H2,1-5H3/t26-,27-,29+,35?/m0/s1. The topological polar surface area (TPSA) is 66.8 Å². The number of rotatable bonds is 10. The molecule has 3 aromatic rings. The van der Waals surface area contributed by atoms with Gasteiger partial charge in [-0.1, -0.05) is 115 Å². The summed E-state index contributed by atoms with van der Waals surface area (Å²) in [6.07, 6.45) is -1.22. The summed E-state index contributed by atoms with van der Waals surface area (Å²) in [7, 11) is -4.24. The molecule has 0 radical (unpaired) electrons. The van der Waals surface area contributed by atoms with Crippen LogP contribution in [0.4, 0.5) is 0 Å². The molecule has 0 aliphatic rings. The summed E-state index contributed by atoms with van der Waals surface area (Å²) in [5.74, 6) is -0.0720. The number of aliphatic hydroxyl groups excluding tert-OH is 1. The number of hydrogen-bond donors (Lipinski definition) is 2. The van der Waals surface area contributed by atoms with Gasteiger partial charge >= 0.3 is 0 Å². The molecule has 1 unspecified atom stereocenters. The summed E-state index contributed by atoms with van der Waals surface area (Å²) in [6.45, 7) is 10.3. The highest BCUT2D eigenvalue weighted by atomic mass is 79.9. The van der Waals surface area contributed by atoms with Crippen LogP contribution < -0.4 is 10.4 Å². The van der Waals surface area contributed by atoms with Gasteiger partial charge in [0.1, 0.15) is 5.60 Å². The van der Waals surface area contributed by atoms with Crippen LogP contribution in [0.3, 0.4) is 0 Å². The first kappa shape index (κ1) is 29.0. The second-order valence-corrected chi connectivity index (χ2v) is 17.4. The maximum atomic E-state index is 12.9. The molecule has 0 amide bonds. The van der Waals surface area contributed by atoms with Gasteiger partial charge in [0.2, 0.25) is 0 Å². The summed E-state index contributed by atoms with van der Waals surface area (Å²) in [5.41, 5.74) is -0.490. The predicted molar refractivity (Wildman–Crippen MR) is 155 cm³/mol. The van der Waals surface area contributed by atoms with Crippen LogP contribution in [0.1, 0.15) is 33.3 Å². The number of benzene rings is 3. The molecule has 7 heteroatoms. The van der Waals surface area contributed by atoms with Crippen molar-refractivity contribution in [3.63, 3.8) is 0 Å². The molecular formula is C29H37BrO4SSi. The second kappa shape index (κ2) is 11.8. The van der Waals surface area contributed by atoms with Crippen LogP contribution in [0.25, 0.3) is 0 Å². The Morgan fingerprint density at radius 2 is 1.36 bits per heavy atom. The third-order valence-corrected chi connectivity index (χ3v) is 14.4. The Labute approximate surface area is 227 Å². The number of alkyl halides is 1. The van der Waals surface area contributed by atoms with Crippen molar-refractivity contribution in [2.24, 2.45) is 0 Å². The molecule has 4 atom stereocenters. The summed E-state index contributed by atoms with van der Waals surface area (Å²) >= 11 is 3.61. The average Bonchev–Trinajstić information content (AvgIpc) is 2.85. The lowest BCUT2D eigenvalue weighted by Crippen LogP contribution is -2.67. The Bertz CT molecular complexity index is 1090. The van der Waals surface area contributed by atoms with Gasteiger partial charge in [-0.05, 0) is 41.4 Å². The van der Waals surface area contributed by atoms with E-state index >= 15 is 0 Å². The van der Waals surface area contributed by atoms with Crippen molar-refractivity contribution in [1.82, 2.24) is 0 Å². The Kier molecular flexibility index (Phi) is 9.52. The van der Waals surface area contributed by atoms with Crippen molar-refractivity contribution in [2.45, 2.75) is 61.1 Å². The van der Waals surface area contributed by atoms with E-state index in [1.54, 1.807) is 19.1 Å². The molecule has 0 saturated carbocycles. The molecule has 194 valence electrons. The lowest BCUT2D eigenvalue weighted by atomic mass is 9.97. The maximum Gasteiger partial charge on any atom is 0.261 e. The van der Waals surface area contributed by atoms with E-state index in [-0.39, 0.29) is 17.4 Å². The second-order valence-electron chi connectivity index (χ2n) is 10.5. The third-order valence-electron chi connectivity index (χ3n) is 6.76. The van der Waals surface area contributed by atoms with E-state index < -0.39 is 35.6 Å². The number of aliphatic hydroxyl groups is 2. The van der Waals surface area contributed by atoms with Crippen molar-refractivity contribution in [3.05, 3.63) is 90.5 Å². The van der Waals surface area contributed by atoms with Crippen LogP contribution in [0, 0.1) is 6.92 Å². The molecule has 0 heterocycles. The van der Waals surface area contributed by atoms with Crippen LogP contribution >= 0.6 is 15.9 Å². The highest BCUT2D eigenvalue weighted by Gasteiger charge is 2.51. The first-order chi connectivity index (χ1) is 16.9. The molecule has 0 aliphatic carbocycles. The molecule has 2 N–H and O–H groups in total. The lowest BCUT2D eigenvalue weighted by Gasteiger charge is -2.44. The molecule has 3 rings (SSSR count). The minimum Gasteiger partial charge on any atom is -0.406 e. The molecular weight excluding hydrogens is 552 g/mol. The fourth-order valence-electron chi connectivity index (χ4n) is 4.44. The van der Waals surface area contributed by atoms with Gasteiger partial charge in [0.05, 0.1) is 34.1 Å². The SMILES string of the molecule is Cc1ccc(S(=O)C[C@H](O)[C@](C)(O)[C@@H](Br)CO[Si](c2ccccc2)(c2ccccc2)C(C)(C)C)cc1. The van der Waals surface area contributed by atoms with E-state index in [2.05, 4.69) is 61.0 Å². The molecule has 0 spiro atoms. The monoisotopic (exact) mass is 588 g/mol. The average molecular weight is 590 g/mol. The van der Waals surface area contributed by atoms with E-state index in [9.17, 15) is 14.4 Å². The Hall–Kier alpha value is -1.61. The minimum absolute atomic E-state index is 0.0720. The van der Waals surface area contributed by atoms with Gasteiger partial charge in [-0.2, -0.15) is 0 Å². The number of aryl methyl sites for hydroxylation is 1. The highest BCUT2D eigenvalue weighted by Crippen LogP contribution is 2.37. The quantitative estimate of drug-likeness (QED) is 0.269. The van der Waals surface area contributed by atoms with E-state index in [1.807, 2.05) is 55.5 Å². The molecule has 0 aromatic heterocycles. The number of halogens is 1. The Morgan fingerprint density at radius 1 is 0.889 bits per heavy atom. The summed E-state index contributed by atoms with van der Waals surface area (Å²) in [4.78, 5) is 0.0433. The smallest absolute Gasteiger partial charge is 0.261 e. The summed E-state index contributed by atoms with van der Waals surface area (Å²) in [6, 6.07) is 28.0. The molecule has 0 bridgehead atoms. The van der Waals surface area contributed by atoms with Crippen molar-refractivity contribution >= 4 is 45.4 Å². The van der Waals surface area contributed by atoms with E-state index in [1.165, 1.54) is 0 Å². The molecule has 0 saturated heterocycles. The van der Waals surface area contributed by atoms with Crippen LogP contribution in [0.2, 0.25) is 5.04 Å². The zero-order valence-electron chi connectivity index (χ0n) is 21.6. The van der Waals surface area contributed by atoms with E-state index in [0.29, 0.717) is 4.90 Å². The first-order valence-electron chi connectivity index (χ1n) is 12.1. The van der Waals surface area contributed by atoms with E-state index in [4.69, 9.17) is 4.43 Å². The highest BCUT2D eigenvalue weighted by molar-refractivity contribution is 9.09. The van der Waals surface area contributed by atoms with Crippen LogP contribution in [-0.2, 0) is 15.2 Å². The zero-order chi connectivity index (χ0) is 26.6. The normalized spacial score (nSPS) is 16.7. The molecule has 3 aromatic carbocycles. The van der Waals surface area contributed by atoms with Gasteiger partial charge in [-0.15, -0.1) is 0 Å². The van der Waals surface area contributed by atoms with Gasteiger partial charge in [-0.25, -0.2) is 0 Å². The van der Waals surface area contributed by atoms with Gasteiger partial charge in [0.25, 0.3) is 8.32 Å². The van der Waals surface area contributed by atoms with E-state index in [0.717, 1.165) is 15.9 Å². The van der Waals surface area contributed by atoms with Gasteiger partial charge in [0.15, 0.2) is 0 Å². The molecule has 0 fully saturated rings. The van der Waals surface area contributed by atoms with Crippen LogP contribution in [0.15, 0.2) is 89.8 Å². The van der Waals surface area contributed by atoms with Gasteiger partial charge in [-0.3, -0.25) is 4.21 Å². The van der Waals surface area contributed by atoms with Crippen molar-refractivity contribution in [3.8, 4) is 0 Å². The zero-order valence-corrected chi connectivity index (χ0v) is 25.1. The van der Waals surface area contributed by atoms with Gasteiger partial charge in [0, 0.05) is 4.90 Å². The minimum atomic E-state index is -2.80. The summed E-state index contributed by atoms with van der Waals surface area (Å²) < 4.78 is 19.8. The molecule has 0 aliphatic heterocycles. The predicted octanol–water partition coefficient (Wildman–Crippen LogP) is 4.55.